The molecule has 126 valence electrons. The Morgan fingerprint density at radius 3 is 2.36 bits per heavy atom. The Morgan fingerprint density at radius 1 is 0.920 bits per heavy atom. The van der Waals surface area contributed by atoms with E-state index in [1.807, 2.05) is 6.07 Å². The minimum atomic E-state index is -0.891. The van der Waals surface area contributed by atoms with Gasteiger partial charge in [0.1, 0.15) is 11.1 Å². The van der Waals surface area contributed by atoms with Crippen LogP contribution in [0, 0.1) is 0 Å². The zero-order valence-electron chi connectivity index (χ0n) is 13.4. The molecular weight excluding hydrogens is 320 g/mol. The fraction of sp³-hybridized carbons (Fsp3) is 0.200. The normalized spacial score (nSPS) is 15.4. The van der Waals surface area contributed by atoms with E-state index in [0.717, 1.165) is 6.42 Å². The zero-order chi connectivity index (χ0) is 17.2. The lowest BCUT2D eigenvalue weighted by Gasteiger charge is -2.24. The van der Waals surface area contributed by atoms with Gasteiger partial charge in [0.15, 0.2) is 12.1 Å². The van der Waals surface area contributed by atoms with Gasteiger partial charge in [-0.25, -0.2) is 0 Å². The number of carbonyl (C=O) groups is 1. The average molecular weight is 336 g/mol. The van der Waals surface area contributed by atoms with Crippen molar-refractivity contribution in [2.45, 2.75) is 12.7 Å². The highest BCUT2D eigenvalue weighted by Crippen LogP contribution is 2.28. The van der Waals surface area contributed by atoms with Crippen molar-refractivity contribution in [3.63, 3.8) is 0 Å². The topological polar surface area (TPSA) is 65.7 Å². The van der Waals surface area contributed by atoms with E-state index in [4.69, 9.17) is 13.9 Å². The molecule has 0 N–H and O–H groups in total. The van der Waals surface area contributed by atoms with Gasteiger partial charge in [-0.05, 0) is 18.6 Å². The number of ether oxygens (including phenoxy) is 2. The summed E-state index contributed by atoms with van der Waals surface area (Å²) in [6, 6.07) is 15.6. The monoisotopic (exact) mass is 336 g/mol. The third kappa shape index (κ3) is 2.88. The van der Waals surface area contributed by atoms with E-state index in [-0.39, 0.29) is 22.5 Å². The molecule has 0 spiro atoms. The van der Waals surface area contributed by atoms with Crippen molar-refractivity contribution in [1.82, 2.24) is 0 Å². The number of hydrogen-bond donors (Lipinski definition) is 0. The number of para-hydroxylation sites is 1. The summed E-state index contributed by atoms with van der Waals surface area (Å²) in [5.74, 6) is -0.391. The summed E-state index contributed by atoms with van der Waals surface area (Å²) in [7, 11) is 0. The predicted molar refractivity (Wildman–Crippen MR) is 91.6 cm³/mol. The number of carbonyl (C=O) groups excluding carboxylic acids is 1. The lowest BCUT2D eigenvalue weighted by Crippen LogP contribution is -2.26. The molecule has 5 heteroatoms. The highest BCUT2D eigenvalue weighted by molar-refractivity contribution is 6.08. The predicted octanol–water partition coefficient (Wildman–Crippen LogP) is 3.46. The molecule has 1 aliphatic heterocycles. The summed E-state index contributed by atoms with van der Waals surface area (Å²) >= 11 is 0. The first kappa shape index (κ1) is 15.7. The first-order valence-corrected chi connectivity index (χ1v) is 8.14. The van der Waals surface area contributed by atoms with E-state index in [9.17, 15) is 9.59 Å². The van der Waals surface area contributed by atoms with Crippen molar-refractivity contribution in [1.29, 1.82) is 0 Å². The lowest BCUT2D eigenvalue weighted by atomic mass is 10.0. The minimum Gasteiger partial charge on any atom is -0.452 e. The largest absolute Gasteiger partial charge is 0.452 e. The van der Waals surface area contributed by atoms with Crippen LogP contribution in [0.1, 0.15) is 34.4 Å². The van der Waals surface area contributed by atoms with E-state index in [2.05, 4.69) is 0 Å². The molecule has 0 unspecified atom stereocenters. The third-order valence-electron chi connectivity index (χ3n) is 4.14. The molecule has 0 amide bonds. The highest BCUT2D eigenvalue weighted by atomic mass is 16.7. The van der Waals surface area contributed by atoms with E-state index in [0.29, 0.717) is 29.7 Å². The standard InChI is InChI=1S/C20H16O5/c21-17(13-7-2-1-3-8-13)19-16(20-23-11-6-12-24-20)18(22)14-9-4-5-10-15(14)25-19/h1-5,7-10,20H,6,11-12H2. The second-order valence-electron chi connectivity index (χ2n) is 5.79. The van der Waals surface area contributed by atoms with E-state index in [1.54, 1.807) is 48.5 Å². The molecule has 1 fully saturated rings. The maximum Gasteiger partial charge on any atom is 0.228 e. The van der Waals surface area contributed by atoms with Crippen LogP contribution < -0.4 is 5.43 Å². The summed E-state index contributed by atoms with van der Waals surface area (Å²) in [6.07, 6.45) is -0.144. The van der Waals surface area contributed by atoms with Gasteiger partial charge >= 0.3 is 0 Å². The summed E-state index contributed by atoms with van der Waals surface area (Å²) in [6.45, 7) is 0.936. The molecule has 0 aliphatic carbocycles. The summed E-state index contributed by atoms with van der Waals surface area (Å²) in [5.41, 5.74) is 0.643. The van der Waals surface area contributed by atoms with Gasteiger partial charge in [-0.3, -0.25) is 9.59 Å². The first-order chi connectivity index (χ1) is 12.3. The molecule has 1 aliphatic rings. The third-order valence-corrected chi connectivity index (χ3v) is 4.14. The van der Waals surface area contributed by atoms with Crippen LogP contribution in [0.2, 0.25) is 0 Å². The molecule has 0 saturated carbocycles. The van der Waals surface area contributed by atoms with Gasteiger partial charge in [-0.2, -0.15) is 0 Å². The summed E-state index contributed by atoms with van der Waals surface area (Å²) in [4.78, 5) is 26.0. The Labute approximate surface area is 143 Å². The van der Waals surface area contributed by atoms with E-state index in [1.165, 1.54) is 0 Å². The smallest absolute Gasteiger partial charge is 0.228 e. The van der Waals surface area contributed by atoms with Crippen LogP contribution in [-0.4, -0.2) is 19.0 Å². The van der Waals surface area contributed by atoms with Crippen molar-refractivity contribution in [3.05, 3.63) is 81.7 Å². The molecule has 1 aromatic heterocycles. The van der Waals surface area contributed by atoms with Gasteiger partial charge in [0, 0.05) is 5.56 Å². The Kier molecular flexibility index (Phi) is 4.17. The molecule has 2 heterocycles. The van der Waals surface area contributed by atoms with Crippen molar-refractivity contribution in [2.24, 2.45) is 0 Å². The average Bonchev–Trinajstić information content (AvgIpc) is 2.69. The maximum absolute atomic E-state index is 13.0. The van der Waals surface area contributed by atoms with Gasteiger partial charge in [0.25, 0.3) is 0 Å². The Bertz CT molecular complexity index is 968. The van der Waals surface area contributed by atoms with Crippen LogP contribution in [0.3, 0.4) is 0 Å². The molecule has 4 rings (SSSR count). The first-order valence-electron chi connectivity index (χ1n) is 8.14. The minimum absolute atomic E-state index is 0.0261. The maximum atomic E-state index is 13.0. The quantitative estimate of drug-likeness (QED) is 0.685. The lowest BCUT2D eigenvalue weighted by molar-refractivity contribution is -0.184. The van der Waals surface area contributed by atoms with Crippen molar-refractivity contribution in [2.75, 3.05) is 13.2 Å². The van der Waals surface area contributed by atoms with Crippen LogP contribution in [0.25, 0.3) is 11.0 Å². The van der Waals surface area contributed by atoms with Crippen LogP contribution in [0.15, 0.2) is 63.8 Å². The van der Waals surface area contributed by atoms with Crippen LogP contribution >= 0.6 is 0 Å². The second kappa shape index (κ2) is 6.63. The second-order valence-corrected chi connectivity index (χ2v) is 5.79. The fourth-order valence-electron chi connectivity index (χ4n) is 2.91. The number of benzene rings is 2. The summed E-state index contributed by atoms with van der Waals surface area (Å²) in [5, 5.41) is 0.403. The van der Waals surface area contributed by atoms with Gasteiger partial charge in [0.05, 0.1) is 18.6 Å². The number of ketones is 1. The van der Waals surface area contributed by atoms with Gasteiger partial charge < -0.3 is 13.9 Å². The zero-order valence-corrected chi connectivity index (χ0v) is 13.4. The van der Waals surface area contributed by atoms with E-state index >= 15 is 0 Å². The summed E-state index contributed by atoms with van der Waals surface area (Å²) < 4.78 is 17.0. The highest BCUT2D eigenvalue weighted by Gasteiger charge is 2.30. The van der Waals surface area contributed by atoms with Crippen molar-refractivity contribution < 1.29 is 18.7 Å². The number of hydrogen-bond acceptors (Lipinski definition) is 5. The van der Waals surface area contributed by atoms with Gasteiger partial charge in [-0.15, -0.1) is 0 Å². The molecular formula is C20H16O5. The molecule has 3 aromatic rings. The Balaban J connectivity index is 1.94. The molecule has 0 radical (unpaired) electrons. The SMILES string of the molecule is O=C(c1ccccc1)c1oc2ccccc2c(=O)c1C1OCCCO1. The van der Waals surface area contributed by atoms with Crippen molar-refractivity contribution >= 4 is 16.8 Å². The fourth-order valence-corrected chi connectivity index (χ4v) is 2.91. The number of fused-ring (bicyclic) bond motifs is 1. The van der Waals surface area contributed by atoms with Crippen LogP contribution in [0.5, 0.6) is 0 Å². The Hall–Kier alpha value is -2.76. The molecule has 5 nitrogen and oxygen atoms in total. The molecule has 2 aromatic carbocycles. The van der Waals surface area contributed by atoms with Gasteiger partial charge in [-0.1, -0.05) is 42.5 Å². The van der Waals surface area contributed by atoms with Crippen LogP contribution in [0.4, 0.5) is 0 Å². The number of rotatable bonds is 3. The molecule has 0 bridgehead atoms. The molecule has 25 heavy (non-hydrogen) atoms. The molecule has 1 saturated heterocycles. The van der Waals surface area contributed by atoms with Crippen LogP contribution in [-0.2, 0) is 9.47 Å². The Morgan fingerprint density at radius 2 is 1.60 bits per heavy atom. The van der Waals surface area contributed by atoms with Crippen molar-refractivity contribution in [3.8, 4) is 0 Å². The molecule has 0 atom stereocenters. The van der Waals surface area contributed by atoms with Gasteiger partial charge in [0.2, 0.25) is 11.2 Å². The van der Waals surface area contributed by atoms with E-state index < -0.39 is 6.29 Å².